The van der Waals surface area contributed by atoms with E-state index in [1.807, 2.05) is 0 Å². The molecule has 2 nitrogen and oxygen atoms in total. The number of rotatable bonds is 5. The Morgan fingerprint density at radius 2 is 1.70 bits per heavy atom. The highest BCUT2D eigenvalue weighted by atomic mass is 16.3. The first-order valence-electron chi connectivity index (χ1n) is 13.1. The van der Waals surface area contributed by atoms with E-state index in [0.717, 1.165) is 37.0 Å². The van der Waals surface area contributed by atoms with Crippen LogP contribution in [0.5, 0.6) is 0 Å². The molecule has 3 saturated carbocycles. The summed E-state index contributed by atoms with van der Waals surface area (Å²) in [5.74, 6) is 4.03. The van der Waals surface area contributed by atoms with E-state index in [-0.39, 0.29) is 11.5 Å². The van der Waals surface area contributed by atoms with Crippen molar-refractivity contribution in [2.75, 3.05) is 0 Å². The third-order valence-corrected chi connectivity index (χ3v) is 10.6. The lowest BCUT2D eigenvalue weighted by molar-refractivity contribution is -0.133. The molecule has 0 aliphatic heterocycles. The summed E-state index contributed by atoms with van der Waals surface area (Å²) in [6.07, 6.45) is 14.1. The maximum Gasteiger partial charge on any atom is 0.0836 e. The van der Waals surface area contributed by atoms with Crippen LogP contribution in [0.15, 0.2) is 11.6 Å². The Morgan fingerprint density at radius 3 is 2.40 bits per heavy atom. The molecule has 0 aromatic heterocycles. The molecule has 0 amide bonds. The minimum absolute atomic E-state index is 0.189. The van der Waals surface area contributed by atoms with Gasteiger partial charge in [0.2, 0.25) is 0 Å². The van der Waals surface area contributed by atoms with E-state index in [1.54, 1.807) is 0 Å². The lowest BCUT2D eigenvalue weighted by Gasteiger charge is -2.62. The van der Waals surface area contributed by atoms with E-state index < -0.39 is 5.60 Å². The molecule has 7 unspecified atom stereocenters. The Labute approximate surface area is 185 Å². The summed E-state index contributed by atoms with van der Waals surface area (Å²) >= 11 is 0. The van der Waals surface area contributed by atoms with Gasteiger partial charge in [-0.25, -0.2) is 0 Å². The van der Waals surface area contributed by atoms with Gasteiger partial charge in [0.1, 0.15) is 0 Å². The molecule has 0 bridgehead atoms. The van der Waals surface area contributed by atoms with Gasteiger partial charge in [-0.05, 0) is 98.2 Å². The summed E-state index contributed by atoms with van der Waals surface area (Å²) < 4.78 is 0. The second-order valence-electron chi connectivity index (χ2n) is 13.0. The topological polar surface area (TPSA) is 40.5 Å². The fourth-order valence-corrected chi connectivity index (χ4v) is 9.01. The van der Waals surface area contributed by atoms with E-state index in [0.29, 0.717) is 23.2 Å². The molecular weight excluding hydrogens is 368 g/mol. The summed E-state index contributed by atoms with van der Waals surface area (Å²) in [5.41, 5.74) is 1.21. The Morgan fingerprint density at radius 1 is 0.967 bits per heavy atom. The molecular formula is C28H48O2. The van der Waals surface area contributed by atoms with Gasteiger partial charge in [0, 0.05) is 0 Å². The van der Waals surface area contributed by atoms with Crippen LogP contribution in [0.3, 0.4) is 0 Å². The first-order valence-corrected chi connectivity index (χ1v) is 13.1. The average molecular weight is 417 g/mol. The Hall–Kier alpha value is -0.340. The van der Waals surface area contributed by atoms with Crippen molar-refractivity contribution in [2.45, 2.75) is 117 Å². The van der Waals surface area contributed by atoms with Crippen LogP contribution in [0.1, 0.15) is 106 Å². The first kappa shape index (κ1) is 22.8. The number of hydrogen-bond acceptors (Lipinski definition) is 2. The van der Waals surface area contributed by atoms with Crippen LogP contribution >= 0.6 is 0 Å². The van der Waals surface area contributed by atoms with Crippen LogP contribution in [0.4, 0.5) is 0 Å². The molecule has 4 rings (SSSR count). The lowest BCUT2D eigenvalue weighted by Crippen LogP contribution is -2.58. The van der Waals surface area contributed by atoms with Gasteiger partial charge < -0.3 is 10.2 Å². The van der Waals surface area contributed by atoms with Crippen LogP contribution in [-0.2, 0) is 0 Å². The average Bonchev–Trinajstić information content (AvgIpc) is 2.99. The summed E-state index contributed by atoms with van der Waals surface area (Å²) in [4.78, 5) is 0. The molecule has 4 aliphatic rings. The van der Waals surface area contributed by atoms with E-state index >= 15 is 0 Å². The summed E-state index contributed by atoms with van der Waals surface area (Å²) in [6, 6.07) is 0. The molecule has 172 valence electrons. The zero-order valence-corrected chi connectivity index (χ0v) is 20.6. The van der Waals surface area contributed by atoms with Crippen LogP contribution in [0.25, 0.3) is 0 Å². The summed E-state index contributed by atoms with van der Waals surface area (Å²) in [6.45, 7) is 14.3. The monoisotopic (exact) mass is 416 g/mol. The number of fused-ring (bicyclic) bond motifs is 5. The van der Waals surface area contributed by atoms with Crippen molar-refractivity contribution in [3.8, 4) is 0 Å². The summed E-state index contributed by atoms with van der Waals surface area (Å²) in [7, 11) is 0. The predicted molar refractivity (Wildman–Crippen MR) is 125 cm³/mol. The normalized spacial score (nSPS) is 49.2. The largest absolute Gasteiger partial charge is 0.393 e. The molecule has 4 aliphatic carbocycles. The van der Waals surface area contributed by atoms with Gasteiger partial charge in [0.25, 0.3) is 0 Å². The van der Waals surface area contributed by atoms with Gasteiger partial charge in [0.05, 0.1) is 11.7 Å². The molecule has 2 N–H and O–H groups in total. The minimum Gasteiger partial charge on any atom is -0.393 e. The molecule has 0 aromatic carbocycles. The molecule has 0 spiro atoms. The third-order valence-electron chi connectivity index (χ3n) is 10.6. The van der Waals surface area contributed by atoms with Gasteiger partial charge in [-0.1, -0.05) is 65.5 Å². The van der Waals surface area contributed by atoms with Gasteiger partial charge in [-0.3, -0.25) is 0 Å². The molecule has 9 atom stereocenters. The first-order chi connectivity index (χ1) is 14.0. The van der Waals surface area contributed by atoms with Gasteiger partial charge in [0.15, 0.2) is 0 Å². The maximum absolute atomic E-state index is 11.7. The van der Waals surface area contributed by atoms with Gasteiger partial charge >= 0.3 is 0 Å². The second-order valence-corrected chi connectivity index (χ2v) is 13.0. The Bertz CT molecular complexity index is 664. The van der Waals surface area contributed by atoms with Crippen molar-refractivity contribution >= 4 is 0 Å². The molecule has 30 heavy (non-hydrogen) atoms. The highest BCUT2D eigenvalue weighted by Crippen LogP contribution is 2.68. The third kappa shape index (κ3) is 3.62. The maximum atomic E-state index is 11.7. The molecule has 0 radical (unpaired) electrons. The van der Waals surface area contributed by atoms with Gasteiger partial charge in [-0.2, -0.15) is 0 Å². The molecule has 2 heteroatoms. The zero-order valence-electron chi connectivity index (χ0n) is 20.6. The van der Waals surface area contributed by atoms with Crippen molar-refractivity contribution in [1.82, 2.24) is 0 Å². The predicted octanol–water partition coefficient (Wildman–Crippen LogP) is 6.75. The molecule has 3 fully saturated rings. The van der Waals surface area contributed by atoms with Gasteiger partial charge in [-0.15, -0.1) is 0 Å². The zero-order chi connectivity index (χ0) is 21.9. The van der Waals surface area contributed by atoms with Crippen molar-refractivity contribution in [3.63, 3.8) is 0 Å². The highest BCUT2D eigenvalue weighted by molar-refractivity contribution is 5.31. The molecule has 0 heterocycles. The number of hydrogen-bond donors (Lipinski definition) is 2. The van der Waals surface area contributed by atoms with Crippen molar-refractivity contribution in [3.05, 3.63) is 11.6 Å². The van der Waals surface area contributed by atoms with E-state index in [2.05, 4.69) is 47.6 Å². The second kappa shape index (κ2) is 7.91. The Kier molecular flexibility index (Phi) is 6.02. The smallest absolute Gasteiger partial charge is 0.0836 e. The summed E-state index contributed by atoms with van der Waals surface area (Å²) in [5, 5.41) is 22.0. The SMILES string of the molecule is CC(C)CCCC(C)C1CCC2C3C(CC[C@]12C)[C@@]1(C)CCC(O)CC1=CC3(C)O. The van der Waals surface area contributed by atoms with E-state index in [1.165, 1.54) is 50.5 Å². The highest BCUT2D eigenvalue weighted by Gasteiger charge is 2.63. The fraction of sp³-hybridized carbons (Fsp3) is 0.929. The quantitative estimate of drug-likeness (QED) is 0.487. The van der Waals surface area contributed by atoms with E-state index in [4.69, 9.17) is 0 Å². The molecule has 0 saturated heterocycles. The van der Waals surface area contributed by atoms with Crippen LogP contribution in [0.2, 0.25) is 0 Å². The van der Waals surface area contributed by atoms with Crippen molar-refractivity contribution in [1.29, 1.82) is 0 Å². The number of aliphatic hydroxyl groups excluding tert-OH is 1. The van der Waals surface area contributed by atoms with E-state index in [9.17, 15) is 10.2 Å². The number of aliphatic hydroxyl groups is 2. The van der Waals surface area contributed by atoms with Crippen LogP contribution < -0.4 is 0 Å². The minimum atomic E-state index is -0.724. The Balaban J connectivity index is 1.58. The van der Waals surface area contributed by atoms with Crippen molar-refractivity contribution in [2.24, 2.45) is 46.3 Å². The molecule has 0 aromatic rings. The fourth-order valence-electron chi connectivity index (χ4n) is 9.01. The lowest BCUT2D eigenvalue weighted by atomic mass is 9.44. The van der Waals surface area contributed by atoms with Crippen LogP contribution in [-0.4, -0.2) is 21.9 Å². The standard InChI is InChI=1S/C28H48O2/c1-18(2)8-7-9-19(3)22-10-11-23-25-24(13-15-27(22,23)5)26(4)14-12-21(29)16-20(26)17-28(25,6)30/h17-19,21-25,29-30H,7-16H2,1-6H3/t19?,21?,22?,23?,24?,25?,26-,27+,28?/m0/s1. The van der Waals surface area contributed by atoms with Crippen LogP contribution in [0, 0.1) is 46.3 Å². The van der Waals surface area contributed by atoms with Crippen molar-refractivity contribution < 1.29 is 10.2 Å².